The van der Waals surface area contributed by atoms with Gasteiger partial charge in [-0.2, -0.15) is 22.9 Å². The summed E-state index contributed by atoms with van der Waals surface area (Å²) in [5.41, 5.74) is -0.773. The van der Waals surface area contributed by atoms with Crippen LogP contribution in [0.15, 0.2) is 70.6 Å². The Bertz CT molecular complexity index is 1600. The van der Waals surface area contributed by atoms with Crippen LogP contribution in [0.3, 0.4) is 0 Å². The van der Waals surface area contributed by atoms with E-state index in [-0.39, 0.29) is 33.3 Å². The molecular weight excluding hydrogens is 527 g/mol. The van der Waals surface area contributed by atoms with E-state index >= 15 is 0 Å². The van der Waals surface area contributed by atoms with Gasteiger partial charge >= 0.3 is 12.1 Å². The molecule has 0 fully saturated rings. The summed E-state index contributed by atoms with van der Waals surface area (Å²) < 4.78 is 56.2. The quantitative estimate of drug-likeness (QED) is 0.235. The second-order valence-corrected chi connectivity index (χ2v) is 8.20. The number of halogens is 4. The zero-order chi connectivity index (χ0) is 27.4. The number of alkyl halides is 3. The van der Waals surface area contributed by atoms with Gasteiger partial charge < -0.3 is 14.2 Å². The molecule has 0 unspecified atom stereocenters. The molecule has 0 aliphatic carbocycles. The zero-order valence-corrected chi connectivity index (χ0v) is 20.7. The molecule has 4 aromatic rings. The average Bonchev–Trinajstić information content (AvgIpc) is 2.91. The number of methoxy groups -OCH3 is 2. The molecule has 0 aliphatic heterocycles. The van der Waals surface area contributed by atoms with Crippen LogP contribution < -0.4 is 15.0 Å². The minimum atomic E-state index is -4.59. The van der Waals surface area contributed by atoms with E-state index in [4.69, 9.17) is 21.1 Å². The molecule has 0 saturated carbocycles. The van der Waals surface area contributed by atoms with Gasteiger partial charge in [0, 0.05) is 5.56 Å². The first-order valence-corrected chi connectivity index (χ1v) is 11.3. The van der Waals surface area contributed by atoms with Gasteiger partial charge in [0.1, 0.15) is 0 Å². The van der Waals surface area contributed by atoms with Crippen LogP contribution in [0.4, 0.5) is 13.2 Å². The van der Waals surface area contributed by atoms with Crippen LogP contribution in [0.25, 0.3) is 22.3 Å². The highest BCUT2D eigenvalue weighted by atomic mass is 35.5. The van der Waals surface area contributed by atoms with E-state index in [0.717, 1.165) is 16.8 Å². The summed E-state index contributed by atoms with van der Waals surface area (Å²) in [5, 5.41) is 4.54. The van der Waals surface area contributed by atoms with Crippen LogP contribution in [0.2, 0.25) is 5.02 Å². The lowest BCUT2D eigenvalue weighted by Gasteiger charge is -2.13. The molecule has 196 valence electrons. The van der Waals surface area contributed by atoms with Gasteiger partial charge in [0.05, 0.1) is 41.9 Å². The summed E-state index contributed by atoms with van der Waals surface area (Å²) in [4.78, 5) is 29.2. The third kappa shape index (κ3) is 5.62. The first kappa shape index (κ1) is 26.7. The molecule has 0 spiro atoms. The van der Waals surface area contributed by atoms with Crippen molar-refractivity contribution in [3.8, 4) is 22.9 Å². The molecule has 1 heterocycles. The van der Waals surface area contributed by atoms with Crippen molar-refractivity contribution in [1.82, 2.24) is 9.66 Å². The first-order chi connectivity index (χ1) is 18.1. The van der Waals surface area contributed by atoms with Gasteiger partial charge in [0.2, 0.25) is 0 Å². The molecule has 8 nitrogen and oxygen atoms in total. The highest BCUT2D eigenvalue weighted by Gasteiger charge is 2.31. The van der Waals surface area contributed by atoms with Crippen molar-refractivity contribution < 1.29 is 32.2 Å². The molecular formula is C26H19ClF3N3O5. The predicted octanol–water partition coefficient (Wildman–Crippen LogP) is 5.18. The topological polar surface area (TPSA) is 92.0 Å². The Kier molecular flexibility index (Phi) is 7.67. The minimum absolute atomic E-state index is 0.0435. The second-order valence-electron chi connectivity index (χ2n) is 7.79. The molecule has 4 rings (SSSR count). The van der Waals surface area contributed by atoms with Gasteiger partial charge in [-0.1, -0.05) is 35.9 Å². The maximum atomic E-state index is 13.4. The smallest absolute Gasteiger partial charge is 0.416 e. The molecule has 0 aliphatic rings. The SMILES string of the molecule is COC(=O)COc1c(Cl)cc(C=Nn2c(-c3cccc(C(F)(F)F)c3)nc3ccccc3c2=O)cc1OC. The molecule has 12 heteroatoms. The van der Waals surface area contributed by atoms with Gasteiger partial charge in [0.25, 0.3) is 5.56 Å². The molecule has 0 N–H and O–H groups in total. The number of rotatable bonds is 7. The number of ether oxygens (including phenoxy) is 3. The highest BCUT2D eigenvalue weighted by Crippen LogP contribution is 2.36. The number of carbonyl (C=O) groups is 1. The lowest BCUT2D eigenvalue weighted by molar-refractivity contribution is -0.143. The van der Waals surface area contributed by atoms with E-state index in [1.54, 1.807) is 24.3 Å². The largest absolute Gasteiger partial charge is 0.493 e. The number of fused-ring (bicyclic) bond motifs is 1. The highest BCUT2D eigenvalue weighted by molar-refractivity contribution is 6.32. The summed E-state index contributed by atoms with van der Waals surface area (Å²) in [6.07, 6.45) is -3.32. The standard InChI is InChI=1S/C26H19ClF3N3O5/c1-36-21-11-15(10-19(27)23(21)38-14-22(34)37-2)13-31-33-24(16-6-5-7-17(12-16)26(28,29)30)32-20-9-4-3-8-18(20)25(33)35/h3-13H,14H2,1-2H3. The fourth-order valence-electron chi connectivity index (χ4n) is 3.52. The molecule has 0 bridgehead atoms. The van der Waals surface area contributed by atoms with Crippen molar-refractivity contribution in [2.24, 2.45) is 5.10 Å². The third-order valence-corrected chi connectivity index (χ3v) is 5.62. The van der Waals surface area contributed by atoms with Gasteiger partial charge in [-0.15, -0.1) is 0 Å². The second kappa shape index (κ2) is 10.9. The van der Waals surface area contributed by atoms with Gasteiger partial charge in [0.15, 0.2) is 23.9 Å². The van der Waals surface area contributed by atoms with Crippen molar-refractivity contribution in [3.63, 3.8) is 0 Å². The Balaban J connectivity index is 1.82. The molecule has 0 atom stereocenters. The van der Waals surface area contributed by atoms with Crippen LogP contribution in [0.1, 0.15) is 11.1 Å². The monoisotopic (exact) mass is 545 g/mol. The fourth-order valence-corrected chi connectivity index (χ4v) is 3.79. The zero-order valence-electron chi connectivity index (χ0n) is 20.0. The molecule has 0 saturated heterocycles. The van der Waals surface area contributed by atoms with Crippen LogP contribution in [-0.2, 0) is 15.7 Å². The fraction of sp³-hybridized carbons (Fsp3) is 0.154. The van der Waals surface area contributed by atoms with Crippen LogP contribution in [0.5, 0.6) is 11.5 Å². The normalized spacial score (nSPS) is 11.6. The van der Waals surface area contributed by atoms with Crippen molar-refractivity contribution >= 4 is 34.7 Å². The predicted molar refractivity (Wildman–Crippen MR) is 135 cm³/mol. The van der Waals surface area contributed by atoms with Crippen molar-refractivity contribution in [2.75, 3.05) is 20.8 Å². The third-order valence-electron chi connectivity index (χ3n) is 5.34. The van der Waals surface area contributed by atoms with Gasteiger partial charge in [-0.05, 0) is 42.0 Å². The Morgan fingerprint density at radius 2 is 1.87 bits per heavy atom. The number of nitrogens with zero attached hydrogens (tertiary/aromatic N) is 3. The molecule has 3 aromatic carbocycles. The van der Waals surface area contributed by atoms with E-state index in [1.807, 2.05) is 0 Å². The van der Waals surface area contributed by atoms with E-state index in [1.165, 1.54) is 44.7 Å². The maximum absolute atomic E-state index is 13.4. The summed E-state index contributed by atoms with van der Waals surface area (Å²) in [5.74, 6) is -0.456. The van der Waals surface area contributed by atoms with Crippen molar-refractivity contribution in [2.45, 2.75) is 6.18 Å². The Morgan fingerprint density at radius 1 is 1.11 bits per heavy atom. The number of hydrogen-bond donors (Lipinski definition) is 0. The molecule has 0 amide bonds. The lowest BCUT2D eigenvalue weighted by Crippen LogP contribution is -2.20. The summed E-state index contributed by atoms with van der Waals surface area (Å²) >= 11 is 6.31. The van der Waals surface area contributed by atoms with Crippen molar-refractivity contribution in [3.05, 3.63) is 87.2 Å². The molecule has 0 radical (unpaired) electrons. The van der Waals surface area contributed by atoms with E-state index in [9.17, 15) is 22.8 Å². The molecule has 1 aromatic heterocycles. The van der Waals surface area contributed by atoms with E-state index < -0.39 is 29.9 Å². The van der Waals surface area contributed by atoms with Crippen LogP contribution in [0, 0.1) is 0 Å². The number of aromatic nitrogens is 2. The number of hydrogen-bond acceptors (Lipinski definition) is 7. The van der Waals surface area contributed by atoms with E-state index in [2.05, 4.69) is 14.8 Å². The first-order valence-electron chi connectivity index (χ1n) is 10.9. The Labute approximate surface area is 218 Å². The van der Waals surface area contributed by atoms with E-state index in [0.29, 0.717) is 11.1 Å². The Hall–Kier alpha value is -4.38. The number of para-hydroxylation sites is 1. The lowest BCUT2D eigenvalue weighted by atomic mass is 10.1. The summed E-state index contributed by atoms with van der Waals surface area (Å²) in [6, 6.07) is 13.8. The average molecular weight is 546 g/mol. The maximum Gasteiger partial charge on any atom is 0.416 e. The molecule has 38 heavy (non-hydrogen) atoms. The number of esters is 1. The number of carbonyl (C=O) groups excluding carboxylic acids is 1. The van der Waals surface area contributed by atoms with Crippen LogP contribution >= 0.6 is 11.6 Å². The Morgan fingerprint density at radius 3 is 2.58 bits per heavy atom. The number of benzene rings is 3. The van der Waals surface area contributed by atoms with Gasteiger partial charge in [-0.3, -0.25) is 4.79 Å². The van der Waals surface area contributed by atoms with Crippen molar-refractivity contribution in [1.29, 1.82) is 0 Å². The minimum Gasteiger partial charge on any atom is -0.493 e. The summed E-state index contributed by atoms with van der Waals surface area (Å²) in [6.45, 7) is -0.404. The summed E-state index contributed by atoms with van der Waals surface area (Å²) in [7, 11) is 2.57. The van der Waals surface area contributed by atoms with Gasteiger partial charge in [-0.25, -0.2) is 9.78 Å². The van der Waals surface area contributed by atoms with Crippen LogP contribution in [-0.4, -0.2) is 42.7 Å².